The van der Waals surface area contributed by atoms with Crippen LogP contribution in [0.15, 0.2) is 23.3 Å². The maximum absolute atomic E-state index is 8.76. The summed E-state index contributed by atoms with van der Waals surface area (Å²) in [5, 5.41) is 12.2. The monoisotopic (exact) mass is 193 g/mol. The third kappa shape index (κ3) is 2.65. The van der Waals surface area contributed by atoms with Crippen LogP contribution in [0.2, 0.25) is 0 Å². The average molecular weight is 193 g/mol. The lowest BCUT2D eigenvalue weighted by atomic mass is 10.1. The van der Waals surface area contributed by atoms with Gasteiger partial charge in [-0.05, 0) is 35.7 Å². The highest BCUT2D eigenvalue weighted by molar-refractivity contribution is 5.47. The standard InChI is InChI=1S/C9H11N3O2/c1-14-9-5-7(2-3-13)4-8(6-9)11-12-10/h4-6,13H,2-3H2,1H3. The van der Waals surface area contributed by atoms with Gasteiger partial charge in [-0.1, -0.05) is 5.11 Å². The van der Waals surface area contributed by atoms with Gasteiger partial charge >= 0.3 is 0 Å². The van der Waals surface area contributed by atoms with Crippen LogP contribution in [-0.2, 0) is 6.42 Å². The molecule has 0 spiro atoms. The summed E-state index contributed by atoms with van der Waals surface area (Å²) < 4.78 is 5.02. The minimum atomic E-state index is 0.0584. The van der Waals surface area contributed by atoms with E-state index >= 15 is 0 Å². The molecule has 0 heterocycles. The smallest absolute Gasteiger partial charge is 0.119 e. The van der Waals surface area contributed by atoms with Crippen LogP contribution in [0.1, 0.15) is 5.56 Å². The number of azide groups is 1. The van der Waals surface area contributed by atoms with Gasteiger partial charge in [0.25, 0.3) is 0 Å². The molecule has 1 aromatic rings. The summed E-state index contributed by atoms with van der Waals surface area (Å²) in [5.74, 6) is 0.623. The van der Waals surface area contributed by atoms with Gasteiger partial charge in [0.1, 0.15) is 5.75 Å². The molecule has 5 heteroatoms. The van der Waals surface area contributed by atoms with Crippen molar-refractivity contribution in [3.8, 4) is 5.75 Å². The molecule has 0 aliphatic carbocycles. The molecule has 0 radical (unpaired) electrons. The van der Waals surface area contributed by atoms with E-state index < -0.39 is 0 Å². The lowest BCUT2D eigenvalue weighted by Crippen LogP contribution is -1.91. The molecule has 0 aromatic heterocycles. The van der Waals surface area contributed by atoms with Crippen molar-refractivity contribution in [1.29, 1.82) is 0 Å². The van der Waals surface area contributed by atoms with Crippen LogP contribution < -0.4 is 4.74 Å². The SMILES string of the molecule is COc1cc(CCO)cc(N=[N+]=[N-])c1. The molecule has 0 aliphatic rings. The first-order valence-electron chi connectivity index (χ1n) is 4.14. The number of aliphatic hydroxyl groups is 1. The first-order valence-corrected chi connectivity index (χ1v) is 4.14. The maximum Gasteiger partial charge on any atom is 0.119 e. The van der Waals surface area contributed by atoms with Gasteiger partial charge in [0, 0.05) is 17.2 Å². The molecule has 1 aromatic carbocycles. The van der Waals surface area contributed by atoms with E-state index in [0.29, 0.717) is 17.9 Å². The van der Waals surface area contributed by atoms with Gasteiger partial charge < -0.3 is 9.84 Å². The van der Waals surface area contributed by atoms with Crippen molar-refractivity contribution in [1.82, 2.24) is 0 Å². The summed E-state index contributed by atoms with van der Waals surface area (Å²) in [6.45, 7) is 0.0584. The second kappa shape index (κ2) is 5.11. The molecular weight excluding hydrogens is 182 g/mol. The summed E-state index contributed by atoms with van der Waals surface area (Å²) >= 11 is 0. The number of methoxy groups -OCH3 is 1. The highest BCUT2D eigenvalue weighted by Crippen LogP contribution is 2.23. The van der Waals surface area contributed by atoms with Crippen LogP contribution in [0.5, 0.6) is 5.75 Å². The van der Waals surface area contributed by atoms with Crippen molar-refractivity contribution >= 4 is 5.69 Å². The minimum absolute atomic E-state index is 0.0584. The Balaban J connectivity index is 3.06. The van der Waals surface area contributed by atoms with Crippen molar-refractivity contribution in [3.05, 3.63) is 34.2 Å². The van der Waals surface area contributed by atoms with Gasteiger partial charge in [-0.2, -0.15) is 0 Å². The fourth-order valence-corrected chi connectivity index (χ4v) is 1.14. The van der Waals surface area contributed by atoms with Crippen molar-refractivity contribution in [2.75, 3.05) is 13.7 Å². The second-order valence-electron chi connectivity index (χ2n) is 2.70. The van der Waals surface area contributed by atoms with Crippen LogP contribution in [0.3, 0.4) is 0 Å². The van der Waals surface area contributed by atoms with Crippen molar-refractivity contribution in [3.63, 3.8) is 0 Å². The van der Waals surface area contributed by atoms with E-state index in [1.165, 1.54) is 7.11 Å². The number of ether oxygens (including phenoxy) is 1. The molecule has 0 saturated carbocycles. The van der Waals surface area contributed by atoms with Crippen LogP contribution in [0.4, 0.5) is 5.69 Å². The molecule has 0 saturated heterocycles. The lowest BCUT2D eigenvalue weighted by Gasteiger charge is -2.04. The quantitative estimate of drug-likeness (QED) is 0.451. The summed E-state index contributed by atoms with van der Waals surface area (Å²) in [7, 11) is 1.54. The lowest BCUT2D eigenvalue weighted by molar-refractivity contribution is 0.299. The van der Waals surface area contributed by atoms with Crippen molar-refractivity contribution in [2.24, 2.45) is 5.11 Å². The Labute approximate surface area is 81.6 Å². The van der Waals surface area contributed by atoms with Crippen LogP contribution >= 0.6 is 0 Å². The number of aliphatic hydroxyl groups excluding tert-OH is 1. The molecule has 1 N–H and O–H groups in total. The molecule has 1 rings (SSSR count). The molecule has 0 aliphatic heterocycles. The van der Waals surface area contributed by atoms with Crippen LogP contribution in [0, 0.1) is 0 Å². The Morgan fingerprint density at radius 2 is 2.29 bits per heavy atom. The number of benzene rings is 1. The maximum atomic E-state index is 8.76. The molecule has 0 fully saturated rings. The zero-order valence-electron chi connectivity index (χ0n) is 7.84. The molecule has 0 bridgehead atoms. The van der Waals surface area contributed by atoms with Gasteiger partial charge in [0.2, 0.25) is 0 Å². The highest BCUT2D eigenvalue weighted by Gasteiger charge is 1.99. The van der Waals surface area contributed by atoms with Crippen molar-refractivity contribution in [2.45, 2.75) is 6.42 Å². The molecule has 5 nitrogen and oxygen atoms in total. The topological polar surface area (TPSA) is 78.2 Å². The fraction of sp³-hybridized carbons (Fsp3) is 0.333. The van der Waals surface area contributed by atoms with Gasteiger partial charge in [0.05, 0.1) is 7.11 Å². The zero-order valence-corrected chi connectivity index (χ0v) is 7.84. The number of hydrogen-bond acceptors (Lipinski definition) is 3. The average Bonchev–Trinajstić information content (AvgIpc) is 2.18. The first-order chi connectivity index (χ1) is 6.80. The first kappa shape index (κ1) is 10.4. The van der Waals surface area contributed by atoms with E-state index in [9.17, 15) is 0 Å². The van der Waals surface area contributed by atoms with Gasteiger partial charge in [-0.3, -0.25) is 0 Å². The van der Waals surface area contributed by atoms with E-state index in [4.69, 9.17) is 15.4 Å². The summed E-state index contributed by atoms with van der Waals surface area (Å²) in [5.41, 5.74) is 9.65. The molecule has 0 amide bonds. The van der Waals surface area contributed by atoms with E-state index in [0.717, 1.165) is 5.56 Å². The Hall–Kier alpha value is -1.71. The van der Waals surface area contributed by atoms with Gasteiger partial charge in [0.15, 0.2) is 0 Å². The van der Waals surface area contributed by atoms with Crippen LogP contribution in [-0.4, -0.2) is 18.8 Å². The highest BCUT2D eigenvalue weighted by atomic mass is 16.5. The van der Waals surface area contributed by atoms with Gasteiger partial charge in [-0.25, -0.2) is 0 Å². The van der Waals surface area contributed by atoms with Crippen molar-refractivity contribution < 1.29 is 9.84 Å². The summed E-state index contributed by atoms with van der Waals surface area (Å²) in [6.07, 6.45) is 0.519. The predicted octanol–water partition coefficient (Wildman–Crippen LogP) is 2.17. The molecule has 0 atom stereocenters. The normalized spacial score (nSPS) is 9.29. The van der Waals surface area contributed by atoms with E-state index in [1.807, 2.05) is 0 Å². The third-order valence-corrected chi connectivity index (χ3v) is 1.75. The molecule has 0 unspecified atom stereocenters. The molecule has 14 heavy (non-hydrogen) atoms. The Kier molecular flexibility index (Phi) is 3.79. The summed E-state index contributed by atoms with van der Waals surface area (Å²) in [6, 6.07) is 5.16. The number of rotatable bonds is 4. The van der Waals surface area contributed by atoms with Crippen LogP contribution in [0.25, 0.3) is 10.4 Å². The van der Waals surface area contributed by atoms with E-state index in [-0.39, 0.29) is 6.61 Å². The zero-order chi connectivity index (χ0) is 10.4. The Bertz CT molecular complexity index is 359. The second-order valence-corrected chi connectivity index (χ2v) is 2.70. The number of nitrogens with zero attached hydrogens (tertiary/aromatic N) is 3. The van der Waals surface area contributed by atoms with E-state index in [2.05, 4.69) is 10.0 Å². The molecular formula is C9H11N3O2. The van der Waals surface area contributed by atoms with Gasteiger partial charge in [-0.15, -0.1) is 0 Å². The largest absolute Gasteiger partial charge is 0.497 e. The molecule has 74 valence electrons. The minimum Gasteiger partial charge on any atom is -0.497 e. The fourth-order valence-electron chi connectivity index (χ4n) is 1.14. The third-order valence-electron chi connectivity index (χ3n) is 1.75. The Morgan fingerprint density at radius 1 is 1.50 bits per heavy atom. The van der Waals surface area contributed by atoms with E-state index in [1.54, 1.807) is 18.2 Å². The number of hydrogen-bond donors (Lipinski definition) is 1. The Morgan fingerprint density at radius 3 is 2.86 bits per heavy atom. The summed E-state index contributed by atoms with van der Waals surface area (Å²) in [4.78, 5) is 2.69. The predicted molar refractivity (Wildman–Crippen MR) is 52.6 cm³/mol.